The van der Waals surface area contributed by atoms with Gasteiger partial charge in [0.2, 0.25) is 0 Å². The van der Waals surface area contributed by atoms with Crippen molar-refractivity contribution in [1.82, 2.24) is 4.90 Å². The molecule has 2 aliphatic rings. The van der Waals surface area contributed by atoms with Crippen LogP contribution in [-0.4, -0.2) is 50.0 Å². The zero-order valence-electron chi connectivity index (χ0n) is 12.6. The minimum atomic E-state index is 0.177. The summed E-state index contributed by atoms with van der Waals surface area (Å²) >= 11 is 0. The van der Waals surface area contributed by atoms with Crippen LogP contribution in [0.4, 0.5) is 0 Å². The highest BCUT2D eigenvalue weighted by atomic mass is 16.5. The van der Waals surface area contributed by atoms with E-state index >= 15 is 0 Å². The van der Waals surface area contributed by atoms with Crippen LogP contribution < -0.4 is 0 Å². The van der Waals surface area contributed by atoms with E-state index in [2.05, 4.69) is 11.9 Å². The van der Waals surface area contributed by atoms with E-state index in [1.807, 2.05) is 0 Å². The molecule has 2 fully saturated rings. The smallest absolute Gasteiger partial charge is 0.0499 e. The molecule has 112 valence electrons. The fourth-order valence-electron chi connectivity index (χ4n) is 3.85. The van der Waals surface area contributed by atoms with Crippen LogP contribution in [0.1, 0.15) is 51.4 Å². The number of aliphatic hydroxyl groups excluding tert-OH is 1. The highest BCUT2D eigenvalue weighted by molar-refractivity contribution is 4.84. The molecule has 1 saturated carbocycles. The Morgan fingerprint density at radius 2 is 1.74 bits per heavy atom. The molecule has 1 aliphatic carbocycles. The molecule has 0 bridgehead atoms. The lowest BCUT2D eigenvalue weighted by molar-refractivity contribution is 0.0344. The molecule has 3 heteroatoms. The van der Waals surface area contributed by atoms with Gasteiger partial charge in [0.25, 0.3) is 0 Å². The van der Waals surface area contributed by atoms with Gasteiger partial charge < -0.3 is 14.7 Å². The van der Waals surface area contributed by atoms with Gasteiger partial charge in [0.05, 0.1) is 0 Å². The normalized spacial score (nSPS) is 25.4. The second-order valence-corrected chi connectivity index (χ2v) is 6.82. The third kappa shape index (κ3) is 4.73. The lowest BCUT2D eigenvalue weighted by Crippen LogP contribution is -2.41. The Morgan fingerprint density at radius 1 is 1.11 bits per heavy atom. The van der Waals surface area contributed by atoms with Crippen molar-refractivity contribution in [2.45, 2.75) is 51.4 Å². The maximum Gasteiger partial charge on any atom is 0.0499 e. The molecule has 0 aromatic heterocycles. The zero-order chi connectivity index (χ0) is 13.6. The first-order valence-corrected chi connectivity index (χ1v) is 8.11. The summed E-state index contributed by atoms with van der Waals surface area (Å²) in [6.45, 7) is 4.48. The van der Waals surface area contributed by atoms with Crippen LogP contribution in [0.25, 0.3) is 0 Å². The zero-order valence-corrected chi connectivity index (χ0v) is 12.6. The van der Waals surface area contributed by atoms with E-state index in [-0.39, 0.29) is 5.41 Å². The van der Waals surface area contributed by atoms with Gasteiger partial charge in [-0.3, -0.25) is 0 Å². The molecule has 0 amide bonds. The summed E-state index contributed by atoms with van der Waals surface area (Å²) in [5.41, 5.74) is 0.177. The molecule has 0 unspecified atom stereocenters. The Labute approximate surface area is 118 Å². The molecular weight excluding hydrogens is 238 g/mol. The lowest BCUT2D eigenvalue weighted by Gasteiger charge is -2.37. The highest BCUT2D eigenvalue weighted by Gasteiger charge is 2.32. The van der Waals surface area contributed by atoms with Gasteiger partial charge in [-0.05, 0) is 38.6 Å². The third-order valence-electron chi connectivity index (χ3n) is 5.02. The highest BCUT2D eigenvalue weighted by Crippen LogP contribution is 2.35. The van der Waals surface area contributed by atoms with Gasteiger partial charge >= 0.3 is 0 Å². The second kappa shape index (κ2) is 7.61. The average molecular weight is 269 g/mol. The monoisotopic (exact) mass is 269 g/mol. The van der Waals surface area contributed by atoms with Gasteiger partial charge in [-0.1, -0.05) is 25.7 Å². The largest absolute Gasteiger partial charge is 0.396 e. The van der Waals surface area contributed by atoms with Gasteiger partial charge in [-0.2, -0.15) is 0 Å². The average Bonchev–Trinajstić information content (AvgIpc) is 2.66. The Morgan fingerprint density at radius 3 is 2.32 bits per heavy atom. The first-order chi connectivity index (χ1) is 9.24. The van der Waals surface area contributed by atoms with Gasteiger partial charge in [0, 0.05) is 38.3 Å². The summed E-state index contributed by atoms with van der Waals surface area (Å²) in [6.07, 6.45) is 10.1. The Kier molecular flexibility index (Phi) is 6.11. The lowest BCUT2D eigenvalue weighted by atomic mass is 9.80. The summed E-state index contributed by atoms with van der Waals surface area (Å²) in [5, 5.41) is 9.87. The molecule has 0 aromatic rings. The summed E-state index contributed by atoms with van der Waals surface area (Å²) < 4.78 is 5.43. The van der Waals surface area contributed by atoms with E-state index < -0.39 is 0 Å². The minimum Gasteiger partial charge on any atom is -0.396 e. The van der Waals surface area contributed by atoms with Crippen molar-refractivity contribution < 1.29 is 9.84 Å². The predicted molar refractivity (Wildman–Crippen MR) is 78.3 cm³/mol. The minimum absolute atomic E-state index is 0.177. The molecule has 1 N–H and O–H groups in total. The number of rotatable bonds is 5. The van der Waals surface area contributed by atoms with Crippen LogP contribution in [0.2, 0.25) is 0 Å². The van der Waals surface area contributed by atoms with Crippen LogP contribution in [0.15, 0.2) is 0 Å². The third-order valence-corrected chi connectivity index (χ3v) is 5.02. The fourth-order valence-corrected chi connectivity index (χ4v) is 3.85. The quantitative estimate of drug-likeness (QED) is 0.779. The van der Waals surface area contributed by atoms with Crippen LogP contribution in [-0.2, 0) is 4.74 Å². The molecule has 0 radical (unpaired) electrons. The van der Waals surface area contributed by atoms with Gasteiger partial charge in [0.1, 0.15) is 0 Å². The first kappa shape index (κ1) is 15.3. The number of nitrogens with zero attached hydrogens (tertiary/aromatic N) is 1. The molecule has 0 atom stereocenters. The predicted octanol–water partition coefficient (Wildman–Crippen LogP) is 2.68. The Balaban J connectivity index is 1.82. The van der Waals surface area contributed by atoms with E-state index in [0.717, 1.165) is 25.7 Å². The SMILES string of the molecule is CN(CC1CCOCC1)CC1(CO)CCCCCC1. The van der Waals surface area contributed by atoms with Crippen LogP contribution in [0, 0.1) is 11.3 Å². The van der Waals surface area contributed by atoms with Crippen LogP contribution in [0.5, 0.6) is 0 Å². The fraction of sp³-hybridized carbons (Fsp3) is 1.00. The van der Waals surface area contributed by atoms with Gasteiger partial charge in [-0.25, -0.2) is 0 Å². The van der Waals surface area contributed by atoms with Crippen molar-refractivity contribution in [2.75, 3.05) is 40.0 Å². The number of ether oxygens (including phenoxy) is 1. The molecule has 2 rings (SSSR count). The van der Waals surface area contributed by atoms with E-state index in [1.54, 1.807) is 0 Å². The van der Waals surface area contributed by atoms with Crippen molar-refractivity contribution in [1.29, 1.82) is 0 Å². The van der Waals surface area contributed by atoms with Crippen molar-refractivity contribution in [3.8, 4) is 0 Å². The first-order valence-electron chi connectivity index (χ1n) is 8.11. The number of aliphatic hydroxyl groups is 1. The summed E-state index contributed by atoms with van der Waals surface area (Å²) in [6, 6.07) is 0. The topological polar surface area (TPSA) is 32.7 Å². The Hall–Kier alpha value is -0.120. The standard InChI is InChI=1S/C16H31NO2/c1-17(12-15-6-10-19-11-7-15)13-16(14-18)8-4-2-3-5-9-16/h15,18H,2-14H2,1H3. The summed E-state index contributed by atoms with van der Waals surface area (Å²) in [4.78, 5) is 2.47. The van der Waals surface area contributed by atoms with Crippen LogP contribution >= 0.6 is 0 Å². The van der Waals surface area contributed by atoms with E-state index in [9.17, 15) is 5.11 Å². The molecule has 3 nitrogen and oxygen atoms in total. The maximum absolute atomic E-state index is 9.87. The Bertz CT molecular complexity index is 243. The number of hydrogen-bond acceptors (Lipinski definition) is 3. The van der Waals surface area contributed by atoms with Gasteiger partial charge in [-0.15, -0.1) is 0 Å². The molecule has 19 heavy (non-hydrogen) atoms. The number of hydrogen-bond donors (Lipinski definition) is 1. The maximum atomic E-state index is 9.87. The van der Waals surface area contributed by atoms with E-state index in [1.165, 1.54) is 57.9 Å². The molecule has 0 aromatic carbocycles. The van der Waals surface area contributed by atoms with Gasteiger partial charge in [0.15, 0.2) is 0 Å². The summed E-state index contributed by atoms with van der Waals surface area (Å²) in [7, 11) is 2.23. The van der Waals surface area contributed by atoms with Crippen molar-refractivity contribution in [3.05, 3.63) is 0 Å². The molecule has 0 spiro atoms. The second-order valence-electron chi connectivity index (χ2n) is 6.82. The van der Waals surface area contributed by atoms with E-state index in [4.69, 9.17) is 4.74 Å². The van der Waals surface area contributed by atoms with Crippen molar-refractivity contribution in [2.24, 2.45) is 11.3 Å². The molecule has 1 heterocycles. The summed E-state index contributed by atoms with van der Waals surface area (Å²) in [5.74, 6) is 0.792. The molecule has 1 saturated heterocycles. The van der Waals surface area contributed by atoms with Crippen LogP contribution in [0.3, 0.4) is 0 Å². The molecular formula is C16H31NO2. The van der Waals surface area contributed by atoms with Crippen molar-refractivity contribution in [3.63, 3.8) is 0 Å². The van der Waals surface area contributed by atoms with Crippen molar-refractivity contribution >= 4 is 0 Å². The van der Waals surface area contributed by atoms with E-state index in [0.29, 0.717) is 6.61 Å². The molecule has 1 aliphatic heterocycles.